The molecule has 0 aliphatic carbocycles. The molecule has 0 atom stereocenters. The van der Waals surface area contributed by atoms with E-state index in [9.17, 15) is 0 Å². The maximum Gasteiger partial charge on any atom is 0.269 e. The SMILES string of the molecule is CC(C)(C)c1cccc([Si](c2cccc(-c3ccc(-n4c5ccccc5c5ccc(Oc6cccc(-n7[c-][n+](-c8c(-c9ccccc9)cccc8-c8ccccc8)c8ccccc87)c6)cc54)nc3)c2)(c2cccc(C(C)(C)C)c2)c2cccc(C(C)(C)C)c2)c1. The monoisotopic (exact) mass is 1180 g/mol. The van der Waals surface area contributed by atoms with Crippen LogP contribution in [0.2, 0.25) is 0 Å². The van der Waals surface area contributed by atoms with Gasteiger partial charge < -0.3 is 4.74 Å². The van der Waals surface area contributed by atoms with Gasteiger partial charge in [-0.25, -0.2) is 4.98 Å². The van der Waals surface area contributed by atoms with E-state index in [1.807, 2.05) is 6.07 Å². The Bertz CT molecular complexity index is 4780. The Labute approximate surface area is 530 Å². The maximum absolute atomic E-state index is 6.91. The molecule has 0 N–H and O–H groups in total. The lowest BCUT2D eigenvalue weighted by Crippen LogP contribution is -2.75. The van der Waals surface area contributed by atoms with Gasteiger partial charge in [0.2, 0.25) is 0 Å². The van der Waals surface area contributed by atoms with Gasteiger partial charge in [0.15, 0.2) is 8.07 Å². The van der Waals surface area contributed by atoms with Crippen molar-refractivity contribution in [1.82, 2.24) is 14.1 Å². The van der Waals surface area contributed by atoms with Crippen molar-refractivity contribution in [2.24, 2.45) is 0 Å². The van der Waals surface area contributed by atoms with Gasteiger partial charge in [-0.1, -0.05) is 287 Å². The predicted octanol–water partition coefficient (Wildman–Crippen LogP) is 18.3. The van der Waals surface area contributed by atoms with E-state index in [-0.39, 0.29) is 16.2 Å². The smallest absolute Gasteiger partial charge is 0.269 e. The van der Waals surface area contributed by atoms with Crippen LogP contribution >= 0.6 is 0 Å². The van der Waals surface area contributed by atoms with Gasteiger partial charge in [-0.05, 0) is 130 Å². The molecule has 14 aromatic rings. The molecule has 11 aromatic carbocycles. The Hall–Kier alpha value is -10.1. The molecule has 0 radical (unpaired) electrons. The topological polar surface area (TPSA) is 35.9 Å². The van der Waals surface area contributed by atoms with Gasteiger partial charge in [0.25, 0.3) is 6.33 Å². The van der Waals surface area contributed by atoms with Gasteiger partial charge in [-0.3, -0.25) is 13.7 Å². The van der Waals surface area contributed by atoms with Crippen molar-refractivity contribution < 1.29 is 9.30 Å². The molecule has 440 valence electrons. The standard InChI is InChI=1S/C84H74N4OSi/c1-82(2,3)62-31-21-37-69(51-62)90(70-38-22-32-63(52-70)83(4,5)6,71-39-23-33-64(53-71)84(7,8)9)68-36-20-30-60(50-68)61-46-49-80(85-56-61)88-76-43-17-16-40-74(76)75-48-47-67(55-79(75)88)89-66-35-24-34-65(54-66)86-57-87(78-45-19-18-44-77(78)86)81-72(58-26-12-10-13-27-58)41-25-42-73(81)59-28-14-11-15-29-59/h10-56H,1-9H3. The number of nitrogens with zero attached hydrogens (tertiary/aromatic N) is 4. The molecule has 5 nitrogen and oxygen atoms in total. The van der Waals surface area contributed by atoms with Gasteiger partial charge >= 0.3 is 0 Å². The van der Waals surface area contributed by atoms with E-state index in [4.69, 9.17) is 9.72 Å². The fourth-order valence-electron chi connectivity index (χ4n) is 13.3. The van der Waals surface area contributed by atoms with Crippen LogP contribution in [0.4, 0.5) is 0 Å². The summed E-state index contributed by atoms with van der Waals surface area (Å²) in [5, 5.41) is 7.73. The first-order valence-electron chi connectivity index (χ1n) is 31.4. The van der Waals surface area contributed by atoms with E-state index in [0.717, 1.165) is 89.2 Å². The molecule has 0 spiro atoms. The molecule has 0 fully saturated rings. The number of ether oxygens (including phenoxy) is 1. The quantitative estimate of drug-likeness (QED) is 0.0529. The lowest BCUT2D eigenvalue weighted by atomic mass is 9.87. The number of fused-ring (bicyclic) bond motifs is 4. The Morgan fingerprint density at radius 3 is 1.44 bits per heavy atom. The fourth-order valence-corrected chi connectivity index (χ4v) is 18.1. The molecule has 0 saturated carbocycles. The molecule has 0 aliphatic heterocycles. The minimum atomic E-state index is -3.05. The zero-order valence-electron chi connectivity index (χ0n) is 52.8. The van der Waals surface area contributed by atoms with Gasteiger partial charge in [0.05, 0.1) is 33.4 Å². The summed E-state index contributed by atoms with van der Waals surface area (Å²) in [6, 6.07) is 102. The summed E-state index contributed by atoms with van der Waals surface area (Å²) in [6.07, 6.45) is 5.88. The van der Waals surface area contributed by atoms with Crippen molar-refractivity contribution in [2.75, 3.05) is 0 Å². The number of imidazole rings is 1. The highest BCUT2D eigenvalue weighted by molar-refractivity contribution is 7.20. The van der Waals surface area contributed by atoms with Crippen LogP contribution in [0.15, 0.2) is 285 Å². The van der Waals surface area contributed by atoms with Crippen molar-refractivity contribution in [3.63, 3.8) is 0 Å². The first-order valence-corrected chi connectivity index (χ1v) is 33.4. The molecular formula is C84H74N4OSi. The first-order chi connectivity index (χ1) is 43.5. The van der Waals surface area contributed by atoms with Crippen LogP contribution < -0.4 is 30.1 Å². The number of para-hydroxylation sites is 4. The predicted molar refractivity (Wildman–Crippen MR) is 378 cm³/mol. The zero-order valence-corrected chi connectivity index (χ0v) is 53.8. The minimum Gasteiger partial charge on any atom is -0.458 e. The molecule has 0 saturated heterocycles. The minimum absolute atomic E-state index is 0.0431. The van der Waals surface area contributed by atoms with Gasteiger partial charge in [0.1, 0.15) is 17.3 Å². The molecule has 0 bridgehead atoms. The summed E-state index contributed by atoms with van der Waals surface area (Å²) >= 11 is 0. The van der Waals surface area contributed by atoms with E-state index < -0.39 is 8.07 Å². The van der Waals surface area contributed by atoms with Crippen LogP contribution in [0.5, 0.6) is 11.5 Å². The van der Waals surface area contributed by atoms with Crippen molar-refractivity contribution in [3.8, 4) is 62.1 Å². The van der Waals surface area contributed by atoms with Gasteiger partial charge in [0, 0.05) is 28.6 Å². The second kappa shape index (κ2) is 22.8. The number of hydrogen-bond acceptors (Lipinski definition) is 2. The van der Waals surface area contributed by atoms with E-state index in [2.05, 4.69) is 362 Å². The first kappa shape index (κ1) is 57.6. The molecule has 14 rings (SSSR count). The van der Waals surface area contributed by atoms with Crippen LogP contribution in [0.25, 0.3) is 83.4 Å². The van der Waals surface area contributed by atoms with Crippen LogP contribution in [-0.4, -0.2) is 22.2 Å². The van der Waals surface area contributed by atoms with Crippen LogP contribution in [0.1, 0.15) is 79.0 Å². The highest BCUT2D eigenvalue weighted by Crippen LogP contribution is 2.38. The highest BCUT2D eigenvalue weighted by atomic mass is 28.3. The summed E-state index contributed by atoms with van der Waals surface area (Å²) in [7, 11) is -3.05. The number of pyridine rings is 1. The summed E-state index contributed by atoms with van der Waals surface area (Å²) < 4.78 is 13.6. The number of rotatable bonds is 12. The van der Waals surface area contributed by atoms with Crippen LogP contribution in [0, 0.1) is 6.33 Å². The summed E-state index contributed by atoms with van der Waals surface area (Å²) in [6.45, 7) is 20.9. The fraction of sp³-hybridized carbons (Fsp3) is 0.143. The van der Waals surface area contributed by atoms with Crippen molar-refractivity contribution in [1.29, 1.82) is 0 Å². The average molecular weight is 1180 g/mol. The molecular weight excluding hydrogens is 1110 g/mol. The van der Waals surface area contributed by atoms with E-state index in [0.29, 0.717) is 5.75 Å². The number of hydrogen-bond donors (Lipinski definition) is 0. The molecule has 90 heavy (non-hydrogen) atoms. The van der Waals surface area contributed by atoms with Gasteiger partial charge in [-0.2, -0.15) is 0 Å². The molecule has 3 heterocycles. The lowest BCUT2D eigenvalue weighted by Gasteiger charge is -2.37. The average Bonchev–Trinajstić information content (AvgIpc) is 0.775. The molecule has 3 aromatic heterocycles. The van der Waals surface area contributed by atoms with Crippen molar-refractivity contribution in [3.05, 3.63) is 308 Å². The van der Waals surface area contributed by atoms with Crippen LogP contribution in [0.3, 0.4) is 0 Å². The molecule has 6 heteroatoms. The molecule has 0 amide bonds. The summed E-state index contributed by atoms with van der Waals surface area (Å²) in [5.74, 6) is 2.26. The number of benzene rings is 11. The highest BCUT2D eigenvalue weighted by Gasteiger charge is 2.43. The second-order valence-corrected chi connectivity index (χ2v) is 30.9. The number of aromatic nitrogens is 4. The Balaban J connectivity index is 0.846. The third kappa shape index (κ3) is 10.5. The van der Waals surface area contributed by atoms with E-state index in [1.54, 1.807) is 0 Å². The van der Waals surface area contributed by atoms with E-state index >= 15 is 0 Å². The molecule has 0 unspecified atom stereocenters. The second-order valence-electron chi connectivity index (χ2n) is 27.1. The molecule has 0 aliphatic rings. The third-order valence-corrected chi connectivity index (χ3v) is 22.7. The van der Waals surface area contributed by atoms with Crippen molar-refractivity contribution >= 4 is 61.7 Å². The maximum atomic E-state index is 6.91. The van der Waals surface area contributed by atoms with Gasteiger partial charge in [-0.15, -0.1) is 0 Å². The Kier molecular flexibility index (Phi) is 14.6. The van der Waals surface area contributed by atoms with E-state index in [1.165, 1.54) is 37.4 Å². The largest absolute Gasteiger partial charge is 0.458 e. The summed E-state index contributed by atoms with van der Waals surface area (Å²) in [4.78, 5) is 5.36. The van der Waals surface area contributed by atoms with Crippen molar-refractivity contribution in [2.45, 2.75) is 78.6 Å². The summed E-state index contributed by atoms with van der Waals surface area (Å²) in [5.41, 5.74) is 16.7. The zero-order chi connectivity index (χ0) is 61.9. The normalized spacial score (nSPS) is 12.3. The Morgan fingerprint density at radius 2 is 0.867 bits per heavy atom. The Morgan fingerprint density at radius 1 is 0.378 bits per heavy atom. The van der Waals surface area contributed by atoms with Crippen LogP contribution in [-0.2, 0) is 16.2 Å². The third-order valence-electron chi connectivity index (χ3n) is 18.0. The lowest BCUT2D eigenvalue weighted by molar-refractivity contribution is -0.571.